The second kappa shape index (κ2) is 4.61. The molecule has 0 aliphatic rings. The third-order valence-corrected chi connectivity index (χ3v) is 2.95. The van der Waals surface area contributed by atoms with Crippen LogP contribution < -0.4 is 9.47 Å². The van der Waals surface area contributed by atoms with Gasteiger partial charge >= 0.3 is 0 Å². The van der Waals surface area contributed by atoms with Crippen LogP contribution in [0.3, 0.4) is 0 Å². The first-order chi connectivity index (χ1) is 9.33. The van der Waals surface area contributed by atoms with E-state index in [-0.39, 0.29) is 0 Å². The molecular weight excluding hydrogens is 242 g/mol. The molecule has 96 valence electrons. The highest BCUT2D eigenvalue weighted by Crippen LogP contribution is 2.37. The number of methoxy groups -OCH3 is 2. The van der Waals surface area contributed by atoms with E-state index in [0.29, 0.717) is 17.3 Å². The molecule has 0 spiro atoms. The van der Waals surface area contributed by atoms with Crippen LogP contribution in [0.5, 0.6) is 11.5 Å². The predicted octanol–water partition coefficient (Wildman–Crippen LogP) is 2.64. The van der Waals surface area contributed by atoms with E-state index >= 15 is 0 Å². The van der Waals surface area contributed by atoms with Crippen LogP contribution in [0.15, 0.2) is 36.7 Å². The van der Waals surface area contributed by atoms with Crippen molar-refractivity contribution in [1.82, 2.24) is 15.0 Å². The number of imidazole rings is 1. The summed E-state index contributed by atoms with van der Waals surface area (Å²) in [5, 5.41) is 0. The summed E-state index contributed by atoms with van der Waals surface area (Å²) >= 11 is 0. The minimum Gasteiger partial charge on any atom is -0.496 e. The fourth-order valence-corrected chi connectivity index (χ4v) is 2.06. The fraction of sp³-hybridized carbons (Fsp3) is 0.143. The predicted molar refractivity (Wildman–Crippen MR) is 72.4 cm³/mol. The van der Waals surface area contributed by atoms with Crippen molar-refractivity contribution in [1.29, 1.82) is 0 Å². The molecule has 0 bridgehead atoms. The van der Waals surface area contributed by atoms with E-state index in [9.17, 15) is 0 Å². The lowest BCUT2D eigenvalue weighted by Crippen LogP contribution is -1.93. The first kappa shape index (κ1) is 11.5. The maximum absolute atomic E-state index is 5.38. The summed E-state index contributed by atoms with van der Waals surface area (Å²) < 4.78 is 10.8. The number of nitrogens with zero attached hydrogens (tertiary/aromatic N) is 2. The SMILES string of the molecule is COc1cccc(OC)c1-c1nc2cnccc2[nH]1. The quantitative estimate of drug-likeness (QED) is 0.781. The zero-order valence-corrected chi connectivity index (χ0v) is 10.7. The molecular formula is C14H13N3O2. The highest BCUT2D eigenvalue weighted by Gasteiger charge is 2.15. The summed E-state index contributed by atoms with van der Waals surface area (Å²) in [4.78, 5) is 11.8. The molecule has 2 aromatic heterocycles. The number of ether oxygens (including phenoxy) is 2. The number of hydrogen-bond acceptors (Lipinski definition) is 4. The lowest BCUT2D eigenvalue weighted by molar-refractivity contribution is 0.397. The number of aromatic amines is 1. The average Bonchev–Trinajstić information content (AvgIpc) is 2.89. The van der Waals surface area contributed by atoms with Crippen LogP contribution in [0.1, 0.15) is 0 Å². The molecule has 0 atom stereocenters. The van der Waals surface area contributed by atoms with Gasteiger partial charge in [-0.05, 0) is 18.2 Å². The van der Waals surface area contributed by atoms with Gasteiger partial charge in [-0.25, -0.2) is 4.98 Å². The lowest BCUT2D eigenvalue weighted by Gasteiger charge is -2.10. The fourth-order valence-electron chi connectivity index (χ4n) is 2.06. The maximum Gasteiger partial charge on any atom is 0.146 e. The third kappa shape index (κ3) is 1.89. The Hall–Kier alpha value is -2.56. The number of rotatable bonds is 3. The second-order valence-corrected chi connectivity index (χ2v) is 4.02. The highest BCUT2D eigenvalue weighted by molar-refractivity contribution is 5.82. The second-order valence-electron chi connectivity index (χ2n) is 4.02. The number of fused-ring (bicyclic) bond motifs is 1. The van der Waals surface area contributed by atoms with Crippen molar-refractivity contribution in [2.24, 2.45) is 0 Å². The lowest BCUT2D eigenvalue weighted by atomic mass is 10.1. The number of nitrogens with one attached hydrogen (secondary N) is 1. The van der Waals surface area contributed by atoms with Crippen molar-refractivity contribution in [3.63, 3.8) is 0 Å². The van der Waals surface area contributed by atoms with Gasteiger partial charge in [0.2, 0.25) is 0 Å². The summed E-state index contributed by atoms with van der Waals surface area (Å²) in [6.45, 7) is 0. The van der Waals surface area contributed by atoms with E-state index in [2.05, 4.69) is 15.0 Å². The summed E-state index contributed by atoms with van der Waals surface area (Å²) in [5.41, 5.74) is 2.55. The normalized spacial score (nSPS) is 10.6. The molecule has 0 unspecified atom stereocenters. The van der Waals surface area contributed by atoms with E-state index in [0.717, 1.165) is 16.6 Å². The maximum atomic E-state index is 5.38. The summed E-state index contributed by atoms with van der Waals surface area (Å²) in [6, 6.07) is 7.52. The highest BCUT2D eigenvalue weighted by atomic mass is 16.5. The van der Waals surface area contributed by atoms with Gasteiger partial charge in [0.05, 0.1) is 25.9 Å². The van der Waals surface area contributed by atoms with E-state index in [1.165, 1.54) is 0 Å². The smallest absolute Gasteiger partial charge is 0.146 e. The zero-order valence-electron chi connectivity index (χ0n) is 10.7. The molecule has 0 saturated heterocycles. The van der Waals surface area contributed by atoms with Crippen LogP contribution in [0.2, 0.25) is 0 Å². The molecule has 0 amide bonds. The van der Waals surface area contributed by atoms with Gasteiger partial charge in [0.25, 0.3) is 0 Å². The van der Waals surface area contributed by atoms with Crippen molar-refractivity contribution >= 4 is 11.0 Å². The minimum absolute atomic E-state index is 0.706. The third-order valence-electron chi connectivity index (χ3n) is 2.95. The Morgan fingerprint density at radius 1 is 1.05 bits per heavy atom. The molecule has 1 N–H and O–H groups in total. The Labute approximate surface area is 110 Å². The Balaban J connectivity index is 2.25. The molecule has 5 heteroatoms. The molecule has 19 heavy (non-hydrogen) atoms. The van der Waals surface area contributed by atoms with E-state index < -0.39 is 0 Å². The molecule has 0 saturated carbocycles. The Morgan fingerprint density at radius 2 is 1.79 bits per heavy atom. The van der Waals surface area contributed by atoms with Crippen LogP contribution in [0.25, 0.3) is 22.4 Å². The van der Waals surface area contributed by atoms with E-state index in [4.69, 9.17) is 9.47 Å². The van der Waals surface area contributed by atoms with Crippen molar-refractivity contribution in [3.8, 4) is 22.9 Å². The van der Waals surface area contributed by atoms with Gasteiger partial charge in [0, 0.05) is 6.20 Å². The van der Waals surface area contributed by atoms with Gasteiger partial charge in [-0.2, -0.15) is 0 Å². The minimum atomic E-state index is 0.706. The van der Waals surface area contributed by atoms with Gasteiger partial charge in [-0.1, -0.05) is 6.07 Å². The molecule has 0 aliphatic carbocycles. The molecule has 5 nitrogen and oxygen atoms in total. The topological polar surface area (TPSA) is 60.0 Å². The van der Waals surface area contributed by atoms with Gasteiger partial charge in [-0.15, -0.1) is 0 Å². The standard InChI is InChI=1S/C14H13N3O2/c1-18-11-4-3-5-12(19-2)13(11)14-16-9-6-7-15-8-10(9)17-14/h3-8H,1-2H3,(H,16,17). The largest absolute Gasteiger partial charge is 0.496 e. The van der Waals surface area contributed by atoms with Crippen LogP contribution >= 0.6 is 0 Å². The molecule has 3 rings (SSSR count). The molecule has 2 heterocycles. The first-order valence-corrected chi connectivity index (χ1v) is 5.84. The van der Waals surface area contributed by atoms with E-state index in [1.54, 1.807) is 26.6 Å². The average molecular weight is 255 g/mol. The number of benzene rings is 1. The number of H-pyrrole nitrogens is 1. The summed E-state index contributed by atoms with van der Waals surface area (Å²) in [7, 11) is 3.25. The number of aromatic nitrogens is 3. The molecule has 0 fully saturated rings. The Bertz CT molecular complexity index is 666. The summed E-state index contributed by atoms with van der Waals surface area (Å²) in [5.74, 6) is 2.13. The Kier molecular flexibility index (Phi) is 2.79. The van der Waals surface area contributed by atoms with Crippen LogP contribution in [0, 0.1) is 0 Å². The summed E-state index contributed by atoms with van der Waals surface area (Å²) in [6.07, 6.45) is 3.45. The monoisotopic (exact) mass is 255 g/mol. The van der Waals surface area contributed by atoms with Crippen molar-refractivity contribution in [2.75, 3.05) is 14.2 Å². The van der Waals surface area contributed by atoms with Crippen LogP contribution in [-0.2, 0) is 0 Å². The zero-order chi connectivity index (χ0) is 13.2. The van der Waals surface area contributed by atoms with Crippen LogP contribution in [-0.4, -0.2) is 29.2 Å². The van der Waals surface area contributed by atoms with Crippen molar-refractivity contribution < 1.29 is 9.47 Å². The van der Waals surface area contributed by atoms with E-state index in [1.807, 2.05) is 24.3 Å². The number of pyridine rings is 1. The van der Waals surface area contributed by atoms with Crippen molar-refractivity contribution in [3.05, 3.63) is 36.7 Å². The van der Waals surface area contributed by atoms with Gasteiger partial charge in [0.1, 0.15) is 28.4 Å². The molecule has 0 aliphatic heterocycles. The van der Waals surface area contributed by atoms with Gasteiger partial charge in [0.15, 0.2) is 0 Å². The Morgan fingerprint density at radius 3 is 2.42 bits per heavy atom. The number of hydrogen-bond donors (Lipinski definition) is 1. The van der Waals surface area contributed by atoms with Gasteiger partial charge in [-0.3, -0.25) is 4.98 Å². The first-order valence-electron chi connectivity index (χ1n) is 5.84. The van der Waals surface area contributed by atoms with Crippen molar-refractivity contribution in [2.45, 2.75) is 0 Å². The molecule has 1 aromatic carbocycles. The molecule has 3 aromatic rings. The van der Waals surface area contributed by atoms with Gasteiger partial charge < -0.3 is 14.5 Å². The molecule has 0 radical (unpaired) electrons. The van der Waals surface area contributed by atoms with Crippen LogP contribution in [0.4, 0.5) is 0 Å².